The molecule has 1 N–H and O–H groups in total. The molecule has 0 fully saturated rings. The van der Waals surface area contributed by atoms with E-state index in [1.165, 1.54) is 0 Å². The van der Waals surface area contributed by atoms with E-state index in [1.54, 1.807) is 0 Å². The highest BCUT2D eigenvalue weighted by molar-refractivity contribution is 9.10. The monoisotopic (exact) mass is 300 g/mol. The average Bonchev–Trinajstić information content (AvgIpc) is 2.23. The molecular weight excluding hydrogens is 288 g/mol. The maximum Gasteiger partial charge on any atom is 0.121 e. The molecule has 0 aliphatic rings. The van der Waals surface area contributed by atoms with Gasteiger partial charge in [0.25, 0.3) is 0 Å². The molecule has 0 amide bonds. The molecule has 1 unspecified atom stereocenters. The summed E-state index contributed by atoms with van der Waals surface area (Å²) in [6.45, 7) is 5.03. The van der Waals surface area contributed by atoms with Crippen LogP contribution in [0.4, 0.5) is 0 Å². The molecule has 0 heterocycles. The second-order valence-corrected chi connectivity index (χ2v) is 5.30. The van der Waals surface area contributed by atoms with Gasteiger partial charge in [0.1, 0.15) is 6.04 Å². The quantitative estimate of drug-likeness (QED) is 0.915. The van der Waals surface area contributed by atoms with Crippen molar-refractivity contribution >= 4 is 27.5 Å². The van der Waals surface area contributed by atoms with Crippen LogP contribution in [0.5, 0.6) is 0 Å². The van der Waals surface area contributed by atoms with Crippen LogP contribution in [0.25, 0.3) is 0 Å². The lowest BCUT2D eigenvalue weighted by atomic mass is 10.1. The molecule has 0 aliphatic carbocycles. The first kappa shape index (κ1) is 13.5. The molecule has 0 aromatic heterocycles. The number of rotatable bonds is 4. The van der Waals surface area contributed by atoms with Crippen LogP contribution in [0.2, 0.25) is 5.02 Å². The van der Waals surface area contributed by atoms with E-state index in [9.17, 15) is 0 Å². The number of nitrogens with one attached hydrogen (secondary N) is 1. The lowest BCUT2D eigenvalue weighted by Crippen LogP contribution is -2.24. The second-order valence-electron chi connectivity index (χ2n) is 4.04. The summed E-state index contributed by atoms with van der Waals surface area (Å²) in [6.07, 6.45) is 0. The van der Waals surface area contributed by atoms with E-state index in [1.807, 2.05) is 18.2 Å². The first-order valence-electron chi connectivity index (χ1n) is 5.12. The van der Waals surface area contributed by atoms with Gasteiger partial charge < -0.3 is 0 Å². The molecule has 16 heavy (non-hydrogen) atoms. The van der Waals surface area contributed by atoms with Crippen molar-refractivity contribution in [1.82, 2.24) is 5.32 Å². The Balaban J connectivity index is 2.80. The third kappa shape index (κ3) is 3.79. The van der Waals surface area contributed by atoms with Crippen LogP contribution < -0.4 is 5.32 Å². The van der Waals surface area contributed by atoms with Crippen molar-refractivity contribution in [3.8, 4) is 6.07 Å². The molecule has 4 heteroatoms. The van der Waals surface area contributed by atoms with E-state index in [-0.39, 0.29) is 6.04 Å². The van der Waals surface area contributed by atoms with Gasteiger partial charge in [0.2, 0.25) is 0 Å². The topological polar surface area (TPSA) is 35.8 Å². The highest BCUT2D eigenvalue weighted by atomic mass is 79.9. The number of nitrogens with zero attached hydrogens (tertiary/aromatic N) is 1. The van der Waals surface area contributed by atoms with Crippen LogP contribution >= 0.6 is 27.5 Å². The van der Waals surface area contributed by atoms with E-state index in [2.05, 4.69) is 41.2 Å². The van der Waals surface area contributed by atoms with Gasteiger partial charge in [0, 0.05) is 4.47 Å². The summed E-state index contributed by atoms with van der Waals surface area (Å²) in [5.74, 6) is 0.516. The minimum Gasteiger partial charge on any atom is -0.298 e. The number of hydrogen-bond donors (Lipinski definition) is 1. The molecule has 1 aromatic carbocycles. The summed E-state index contributed by atoms with van der Waals surface area (Å²) >= 11 is 9.32. The van der Waals surface area contributed by atoms with Crippen LogP contribution in [-0.4, -0.2) is 6.54 Å². The zero-order valence-corrected chi connectivity index (χ0v) is 11.6. The standard InChI is InChI=1S/C12H14BrClN2/c1-8(2)7-16-12(6-15)9-3-4-10(13)11(14)5-9/h3-5,8,12,16H,7H2,1-2H3. The molecule has 1 atom stereocenters. The van der Waals surface area contributed by atoms with E-state index in [4.69, 9.17) is 16.9 Å². The maximum absolute atomic E-state index is 9.09. The Bertz CT molecular complexity index is 398. The van der Waals surface area contributed by atoms with Crippen LogP contribution in [0.1, 0.15) is 25.5 Å². The predicted octanol–water partition coefficient (Wildman–Crippen LogP) is 3.91. The molecule has 0 spiro atoms. The zero-order valence-electron chi connectivity index (χ0n) is 9.30. The van der Waals surface area contributed by atoms with Crippen molar-refractivity contribution in [3.63, 3.8) is 0 Å². The number of hydrogen-bond acceptors (Lipinski definition) is 2. The van der Waals surface area contributed by atoms with E-state index < -0.39 is 0 Å². The average molecular weight is 302 g/mol. The fourth-order valence-corrected chi connectivity index (χ4v) is 1.72. The number of halogens is 2. The highest BCUT2D eigenvalue weighted by Crippen LogP contribution is 2.25. The molecular formula is C12H14BrClN2. The van der Waals surface area contributed by atoms with Gasteiger partial charge in [-0.2, -0.15) is 5.26 Å². The van der Waals surface area contributed by atoms with Crippen molar-refractivity contribution in [2.45, 2.75) is 19.9 Å². The van der Waals surface area contributed by atoms with Crippen molar-refractivity contribution < 1.29 is 0 Å². The predicted molar refractivity (Wildman–Crippen MR) is 70.3 cm³/mol. The van der Waals surface area contributed by atoms with Gasteiger partial charge in [-0.05, 0) is 46.1 Å². The molecule has 2 nitrogen and oxygen atoms in total. The Kier molecular flexibility index (Phi) is 5.27. The van der Waals surface area contributed by atoms with Gasteiger partial charge in [0.15, 0.2) is 0 Å². The summed E-state index contributed by atoms with van der Waals surface area (Å²) in [5, 5.41) is 12.9. The van der Waals surface area contributed by atoms with Gasteiger partial charge in [-0.25, -0.2) is 0 Å². The molecule has 1 aromatic rings. The van der Waals surface area contributed by atoms with Gasteiger partial charge in [-0.15, -0.1) is 0 Å². The van der Waals surface area contributed by atoms with Crippen molar-refractivity contribution in [2.75, 3.05) is 6.54 Å². The smallest absolute Gasteiger partial charge is 0.121 e. The second kappa shape index (κ2) is 6.24. The normalized spacial score (nSPS) is 12.5. The van der Waals surface area contributed by atoms with Gasteiger partial charge in [0.05, 0.1) is 11.1 Å². The zero-order chi connectivity index (χ0) is 12.1. The largest absolute Gasteiger partial charge is 0.298 e. The molecule has 86 valence electrons. The molecule has 0 bridgehead atoms. The van der Waals surface area contributed by atoms with Crippen LogP contribution in [0.15, 0.2) is 22.7 Å². The van der Waals surface area contributed by atoms with Crippen LogP contribution in [-0.2, 0) is 0 Å². The Labute approximate surface area is 110 Å². The Morgan fingerprint density at radius 1 is 1.50 bits per heavy atom. The molecule has 0 aliphatic heterocycles. The Morgan fingerprint density at radius 3 is 2.69 bits per heavy atom. The molecule has 0 radical (unpaired) electrons. The first-order chi connectivity index (χ1) is 7.54. The van der Waals surface area contributed by atoms with Gasteiger partial charge >= 0.3 is 0 Å². The third-order valence-electron chi connectivity index (χ3n) is 2.14. The molecule has 0 saturated heterocycles. The number of benzene rings is 1. The minimum atomic E-state index is -0.298. The van der Waals surface area contributed by atoms with E-state index in [0.29, 0.717) is 10.9 Å². The lowest BCUT2D eigenvalue weighted by molar-refractivity contribution is 0.525. The summed E-state index contributed by atoms with van der Waals surface area (Å²) in [7, 11) is 0. The first-order valence-corrected chi connectivity index (χ1v) is 6.29. The van der Waals surface area contributed by atoms with E-state index >= 15 is 0 Å². The van der Waals surface area contributed by atoms with E-state index in [0.717, 1.165) is 16.6 Å². The summed E-state index contributed by atoms with van der Waals surface area (Å²) in [6, 6.07) is 7.51. The SMILES string of the molecule is CC(C)CNC(C#N)c1ccc(Br)c(Cl)c1. The van der Waals surface area contributed by atoms with Crippen molar-refractivity contribution in [1.29, 1.82) is 5.26 Å². The van der Waals surface area contributed by atoms with Gasteiger partial charge in [-0.1, -0.05) is 31.5 Å². The molecule has 0 saturated carbocycles. The maximum atomic E-state index is 9.09. The highest BCUT2D eigenvalue weighted by Gasteiger charge is 2.11. The fraction of sp³-hybridized carbons (Fsp3) is 0.417. The lowest BCUT2D eigenvalue weighted by Gasteiger charge is -2.14. The van der Waals surface area contributed by atoms with Crippen LogP contribution in [0, 0.1) is 17.2 Å². The summed E-state index contributed by atoms with van der Waals surface area (Å²) in [4.78, 5) is 0. The number of nitriles is 1. The van der Waals surface area contributed by atoms with Gasteiger partial charge in [-0.3, -0.25) is 5.32 Å². The molecule has 1 rings (SSSR count). The Morgan fingerprint density at radius 2 is 2.19 bits per heavy atom. The third-order valence-corrected chi connectivity index (χ3v) is 3.37. The Hall–Kier alpha value is -0.560. The minimum absolute atomic E-state index is 0.298. The summed E-state index contributed by atoms with van der Waals surface area (Å²) in [5.41, 5.74) is 0.899. The fourth-order valence-electron chi connectivity index (χ4n) is 1.28. The van der Waals surface area contributed by atoms with Crippen molar-refractivity contribution in [3.05, 3.63) is 33.3 Å². The van der Waals surface area contributed by atoms with Crippen LogP contribution in [0.3, 0.4) is 0 Å². The van der Waals surface area contributed by atoms with Crippen molar-refractivity contribution in [2.24, 2.45) is 5.92 Å². The summed E-state index contributed by atoms with van der Waals surface area (Å²) < 4.78 is 0.846.